The molecule has 2 aromatic rings. The van der Waals surface area contributed by atoms with E-state index in [0.717, 1.165) is 17.1 Å². The lowest BCUT2D eigenvalue weighted by molar-refractivity contribution is 0.773. The van der Waals surface area contributed by atoms with E-state index < -0.39 is 0 Å². The Morgan fingerprint density at radius 2 is 1.92 bits per heavy atom. The molecular formula is C12H13N. The fraction of sp³-hybridized carbons (Fsp3) is 0.167. The predicted molar refractivity (Wildman–Crippen MR) is 57.9 cm³/mol. The number of fused-ring (bicyclic) bond motifs is 1. The lowest BCUT2D eigenvalue weighted by atomic mass is 10.2. The SMILES string of the molecule is C=c1c(=C)n(CC)c2ccccc12. The van der Waals surface area contributed by atoms with Crippen LogP contribution in [0.5, 0.6) is 0 Å². The van der Waals surface area contributed by atoms with E-state index in [-0.39, 0.29) is 0 Å². The minimum absolute atomic E-state index is 0.953. The Labute approximate surface area is 77.6 Å². The van der Waals surface area contributed by atoms with E-state index in [1.54, 1.807) is 0 Å². The number of hydrogen-bond donors (Lipinski definition) is 0. The molecule has 0 bridgehead atoms. The average Bonchev–Trinajstić information content (AvgIpc) is 2.41. The highest BCUT2D eigenvalue weighted by Gasteiger charge is 2.01. The summed E-state index contributed by atoms with van der Waals surface area (Å²) in [4.78, 5) is 0. The van der Waals surface area contributed by atoms with Gasteiger partial charge in [-0.3, -0.25) is 0 Å². The Balaban J connectivity index is 3.08. The standard InChI is InChI=1S/C12H13N/c1-4-13-10(3)9(2)11-7-5-6-8-12(11)13/h5-8H,2-4H2,1H3. The second-order valence-corrected chi connectivity index (χ2v) is 3.19. The molecule has 0 amide bonds. The van der Waals surface area contributed by atoms with Crippen LogP contribution in [0.3, 0.4) is 0 Å². The highest BCUT2D eigenvalue weighted by molar-refractivity contribution is 5.81. The van der Waals surface area contributed by atoms with Gasteiger partial charge >= 0.3 is 0 Å². The van der Waals surface area contributed by atoms with Gasteiger partial charge in [-0.05, 0) is 18.2 Å². The summed E-state index contributed by atoms with van der Waals surface area (Å²) in [6, 6.07) is 8.30. The molecule has 1 aromatic heterocycles. The molecule has 1 heteroatoms. The fourth-order valence-electron chi connectivity index (χ4n) is 1.79. The van der Waals surface area contributed by atoms with Gasteiger partial charge in [-0.25, -0.2) is 0 Å². The molecule has 0 saturated carbocycles. The van der Waals surface area contributed by atoms with E-state index in [9.17, 15) is 0 Å². The van der Waals surface area contributed by atoms with Gasteiger partial charge in [0, 0.05) is 22.8 Å². The van der Waals surface area contributed by atoms with Crippen LogP contribution in [0.1, 0.15) is 6.92 Å². The van der Waals surface area contributed by atoms with E-state index in [2.05, 4.69) is 36.8 Å². The molecule has 2 rings (SSSR count). The smallest absolute Gasteiger partial charge is 0.0490 e. The molecule has 1 nitrogen and oxygen atoms in total. The van der Waals surface area contributed by atoms with Gasteiger partial charge < -0.3 is 4.57 Å². The fourth-order valence-corrected chi connectivity index (χ4v) is 1.79. The van der Waals surface area contributed by atoms with Crippen LogP contribution in [-0.4, -0.2) is 4.57 Å². The van der Waals surface area contributed by atoms with Crippen LogP contribution >= 0.6 is 0 Å². The van der Waals surface area contributed by atoms with Crippen molar-refractivity contribution in [2.75, 3.05) is 0 Å². The van der Waals surface area contributed by atoms with Crippen molar-refractivity contribution >= 4 is 24.1 Å². The molecular weight excluding hydrogens is 158 g/mol. The van der Waals surface area contributed by atoms with Crippen molar-refractivity contribution in [1.29, 1.82) is 0 Å². The molecule has 0 aliphatic rings. The second-order valence-electron chi connectivity index (χ2n) is 3.19. The summed E-state index contributed by atoms with van der Waals surface area (Å²) < 4.78 is 2.19. The first-order chi connectivity index (χ1) is 6.25. The number of aryl methyl sites for hydroxylation is 1. The van der Waals surface area contributed by atoms with Crippen LogP contribution in [-0.2, 0) is 6.54 Å². The zero-order valence-corrected chi connectivity index (χ0v) is 7.88. The maximum Gasteiger partial charge on any atom is 0.0490 e. The van der Waals surface area contributed by atoms with Gasteiger partial charge in [0.15, 0.2) is 0 Å². The Hall–Kier alpha value is -1.50. The maximum absolute atomic E-state index is 4.03. The topological polar surface area (TPSA) is 4.93 Å². The van der Waals surface area contributed by atoms with E-state index in [0.29, 0.717) is 0 Å². The molecule has 13 heavy (non-hydrogen) atoms. The van der Waals surface area contributed by atoms with E-state index in [1.807, 2.05) is 12.1 Å². The van der Waals surface area contributed by atoms with Gasteiger partial charge in [0.05, 0.1) is 0 Å². The molecule has 0 aliphatic heterocycles. The third-order valence-electron chi connectivity index (χ3n) is 2.51. The Bertz CT molecular complexity index is 534. The third kappa shape index (κ3) is 1.00. The van der Waals surface area contributed by atoms with Gasteiger partial charge in [0.2, 0.25) is 0 Å². The number of benzene rings is 1. The first-order valence-electron chi connectivity index (χ1n) is 4.51. The largest absolute Gasteiger partial charge is 0.341 e. The zero-order valence-electron chi connectivity index (χ0n) is 7.88. The molecule has 1 aromatic carbocycles. The van der Waals surface area contributed by atoms with Crippen molar-refractivity contribution in [3.8, 4) is 0 Å². The summed E-state index contributed by atoms with van der Waals surface area (Å²) in [5.74, 6) is 0. The highest BCUT2D eigenvalue weighted by Crippen LogP contribution is 2.06. The van der Waals surface area contributed by atoms with Crippen molar-refractivity contribution in [2.45, 2.75) is 13.5 Å². The van der Waals surface area contributed by atoms with Crippen molar-refractivity contribution in [3.63, 3.8) is 0 Å². The number of aromatic nitrogens is 1. The van der Waals surface area contributed by atoms with Crippen molar-refractivity contribution in [1.82, 2.24) is 4.57 Å². The molecule has 0 unspecified atom stereocenters. The van der Waals surface area contributed by atoms with E-state index >= 15 is 0 Å². The molecule has 0 atom stereocenters. The number of para-hydroxylation sites is 1. The normalized spacial score (nSPS) is 10.8. The predicted octanol–water partition coefficient (Wildman–Crippen LogP) is 1.48. The number of rotatable bonds is 1. The summed E-state index contributed by atoms with van der Waals surface area (Å²) in [6.07, 6.45) is 0. The quantitative estimate of drug-likeness (QED) is 0.612. The van der Waals surface area contributed by atoms with Gasteiger partial charge in [-0.1, -0.05) is 31.4 Å². The Kier molecular flexibility index (Phi) is 1.73. The molecule has 0 fully saturated rings. The third-order valence-corrected chi connectivity index (χ3v) is 2.51. The summed E-state index contributed by atoms with van der Waals surface area (Å²) in [5, 5.41) is 3.30. The van der Waals surface area contributed by atoms with E-state index in [4.69, 9.17) is 0 Å². The molecule has 0 saturated heterocycles. The molecule has 0 radical (unpaired) electrons. The van der Waals surface area contributed by atoms with Gasteiger partial charge in [0.1, 0.15) is 0 Å². The zero-order chi connectivity index (χ0) is 9.42. The molecule has 0 spiro atoms. The van der Waals surface area contributed by atoms with Crippen molar-refractivity contribution in [3.05, 3.63) is 34.8 Å². The summed E-state index contributed by atoms with van der Waals surface area (Å²) in [5.41, 5.74) is 1.24. The van der Waals surface area contributed by atoms with Crippen molar-refractivity contribution < 1.29 is 0 Å². The summed E-state index contributed by atoms with van der Waals surface area (Å²) in [7, 11) is 0. The summed E-state index contributed by atoms with van der Waals surface area (Å²) >= 11 is 0. The lowest BCUT2D eigenvalue weighted by Gasteiger charge is -1.99. The lowest BCUT2D eigenvalue weighted by Crippen LogP contribution is -2.25. The average molecular weight is 171 g/mol. The molecule has 0 N–H and O–H groups in total. The molecule has 0 aliphatic carbocycles. The van der Waals surface area contributed by atoms with Crippen LogP contribution in [0.4, 0.5) is 0 Å². The van der Waals surface area contributed by atoms with Crippen molar-refractivity contribution in [2.24, 2.45) is 0 Å². The van der Waals surface area contributed by atoms with Crippen LogP contribution in [0.15, 0.2) is 24.3 Å². The second kappa shape index (κ2) is 2.77. The number of hydrogen-bond acceptors (Lipinski definition) is 0. The monoisotopic (exact) mass is 171 g/mol. The minimum atomic E-state index is 0.953. The first kappa shape index (κ1) is 8.11. The molecule has 1 heterocycles. The van der Waals surface area contributed by atoms with Crippen LogP contribution < -0.4 is 10.6 Å². The van der Waals surface area contributed by atoms with E-state index in [1.165, 1.54) is 10.9 Å². The minimum Gasteiger partial charge on any atom is -0.341 e. The summed E-state index contributed by atoms with van der Waals surface area (Å²) in [6.45, 7) is 11.1. The maximum atomic E-state index is 4.03. The number of nitrogens with zero attached hydrogens (tertiary/aromatic N) is 1. The molecule has 66 valence electrons. The first-order valence-corrected chi connectivity index (χ1v) is 4.51. The van der Waals surface area contributed by atoms with Gasteiger partial charge in [-0.2, -0.15) is 0 Å². The Morgan fingerprint density at radius 1 is 1.23 bits per heavy atom. The van der Waals surface area contributed by atoms with Crippen LogP contribution in [0.25, 0.3) is 24.1 Å². The van der Waals surface area contributed by atoms with Crippen LogP contribution in [0, 0.1) is 0 Å². The highest BCUT2D eigenvalue weighted by atomic mass is 15.0. The Morgan fingerprint density at radius 3 is 2.62 bits per heavy atom. The van der Waals surface area contributed by atoms with Gasteiger partial charge in [0.25, 0.3) is 0 Å². The van der Waals surface area contributed by atoms with Gasteiger partial charge in [-0.15, -0.1) is 0 Å². The van der Waals surface area contributed by atoms with Crippen LogP contribution in [0.2, 0.25) is 0 Å².